The first kappa shape index (κ1) is 13.2. The van der Waals surface area contributed by atoms with E-state index in [1.165, 1.54) is 4.88 Å². The van der Waals surface area contributed by atoms with Gasteiger partial charge in [0.1, 0.15) is 0 Å². The Bertz CT molecular complexity index is 450. The van der Waals surface area contributed by atoms with Gasteiger partial charge in [-0.3, -0.25) is 16.3 Å². The molecule has 0 spiro atoms. The number of hydrogen-bond acceptors (Lipinski definition) is 4. The molecule has 0 aliphatic heterocycles. The van der Waals surface area contributed by atoms with Crippen LogP contribution in [0, 0.1) is 6.92 Å². The second-order valence-electron chi connectivity index (χ2n) is 4.42. The lowest BCUT2D eigenvalue weighted by Crippen LogP contribution is -2.28. The summed E-state index contributed by atoms with van der Waals surface area (Å²) in [5.41, 5.74) is 5.08. The number of aryl methyl sites for hydroxylation is 2. The molecular formula is C14H19N3S. The fraction of sp³-hybridized carbons (Fsp3) is 0.357. The molecule has 3 nitrogen and oxygen atoms in total. The fourth-order valence-electron chi connectivity index (χ4n) is 1.97. The topological polar surface area (TPSA) is 50.9 Å². The summed E-state index contributed by atoms with van der Waals surface area (Å²) in [7, 11) is 0. The predicted octanol–water partition coefficient (Wildman–Crippen LogP) is 2.98. The van der Waals surface area contributed by atoms with E-state index in [2.05, 4.69) is 34.0 Å². The molecule has 1 atom stereocenters. The maximum Gasteiger partial charge on any atom is 0.0475 e. The van der Waals surface area contributed by atoms with Crippen LogP contribution < -0.4 is 11.3 Å². The molecule has 0 radical (unpaired) electrons. The second kappa shape index (κ2) is 6.64. The number of nitrogens with one attached hydrogen (secondary N) is 1. The van der Waals surface area contributed by atoms with Crippen molar-refractivity contribution in [3.8, 4) is 0 Å². The molecule has 2 aromatic heterocycles. The van der Waals surface area contributed by atoms with Gasteiger partial charge in [-0.25, -0.2) is 0 Å². The highest BCUT2D eigenvalue weighted by Crippen LogP contribution is 2.19. The van der Waals surface area contributed by atoms with Gasteiger partial charge >= 0.3 is 0 Å². The second-order valence-corrected chi connectivity index (χ2v) is 5.46. The van der Waals surface area contributed by atoms with Crippen LogP contribution >= 0.6 is 11.3 Å². The lowest BCUT2D eigenvalue weighted by atomic mass is 10.0. The monoisotopic (exact) mass is 261 g/mol. The molecule has 0 saturated carbocycles. The van der Waals surface area contributed by atoms with Gasteiger partial charge in [0.05, 0.1) is 0 Å². The highest BCUT2D eigenvalue weighted by molar-refractivity contribution is 7.09. The van der Waals surface area contributed by atoms with Crippen molar-refractivity contribution in [2.24, 2.45) is 5.84 Å². The van der Waals surface area contributed by atoms with Gasteiger partial charge in [-0.15, -0.1) is 11.3 Å². The zero-order valence-electron chi connectivity index (χ0n) is 10.6. The van der Waals surface area contributed by atoms with Gasteiger partial charge in [0.25, 0.3) is 0 Å². The molecule has 0 aliphatic carbocycles. The molecule has 0 aliphatic rings. The van der Waals surface area contributed by atoms with E-state index in [9.17, 15) is 0 Å². The van der Waals surface area contributed by atoms with Gasteiger partial charge < -0.3 is 0 Å². The van der Waals surface area contributed by atoms with Crippen molar-refractivity contribution in [2.45, 2.75) is 32.2 Å². The summed E-state index contributed by atoms with van der Waals surface area (Å²) >= 11 is 1.82. The molecular weight excluding hydrogens is 242 g/mol. The van der Waals surface area contributed by atoms with Crippen LogP contribution in [0.1, 0.15) is 35.0 Å². The SMILES string of the molecule is Cc1ccc(C(CCCc2cccs2)NN)cn1. The first-order valence-corrected chi connectivity index (χ1v) is 7.08. The highest BCUT2D eigenvalue weighted by atomic mass is 32.1. The Morgan fingerprint density at radius 1 is 1.39 bits per heavy atom. The van der Waals surface area contributed by atoms with Crippen LogP contribution in [0.15, 0.2) is 35.8 Å². The van der Waals surface area contributed by atoms with Crippen LogP contribution in [0.4, 0.5) is 0 Å². The van der Waals surface area contributed by atoms with Gasteiger partial charge in [0, 0.05) is 22.8 Å². The minimum absolute atomic E-state index is 0.193. The zero-order valence-corrected chi connectivity index (χ0v) is 11.4. The van der Waals surface area contributed by atoms with Crippen molar-refractivity contribution < 1.29 is 0 Å². The maximum absolute atomic E-state index is 5.63. The van der Waals surface area contributed by atoms with Crippen molar-refractivity contribution in [3.63, 3.8) is 0 Å². The van der Waals surface area contributed by atoms with E-state index in [-0.39, 0.29) is 6.04 Å². The summed E-state index contributed by atoms with van der Waals surface area (Å²) in [6.45, 7) is 1.99. The van der Waals surface area contributed by atoms with Crippen molar-refractivity contribution in [1.29, 1.82) is 0 Å². The number of nitrogens with zero attached hydrogens (tertiary/aromatic N) is 1. The van der Waals surface area contributed by atoms with E-state index >= 15 is 0 Å². The van der Waals surface area contributed by atoms with Crippen LogP contribution in [0.5, 0.6) is 0 Å². The van der Waals surface area contributed by atoms with E-state index in [1.54, 1.807) is 0 Å². The standard InChI is InChI=1S/C14H19N3S/c1-11-7-8-12(10-16-11)14(17-15)6-2-4-13-5-3-9-18-13/h3,5,7-10,14,17H,2,4,6,15H2,1H3. The molecule has 2 aromatic rings. The third-order valence-electron chi connectivity index (χ3n) is 3.03. The molecule has 0 fully saturated rings. The third kappa shape index (κ3) is 3.63. The quantitative estimate of drug-likeness (QED) is 0.621. The Balaban J connectivity index is 1.87. The minimum Gasteiger partial charge on any atom is -0.271 e. The van der Waals surface area contributed by atoms with Crippen LogP contribution in [-0.4, -0.2) is 4.98 Å². The molecule has 2 rings (SSSR count). The van der Waals surface area contributed by atoms with Gasteiger partial charge in [-0.1, -0.05) is 12.1 Å². The minimum atomic E-state index is 0.193. The van der Waals surface area contributed by atoms with Gasteiger partial charge in [0.2, 0.25) is 0 Å². The van der Waals surface area contributed by atoms with Gasteiger partial charge in [0.15, 0.2) is 0 Å². The number of hydrogen-bond donors (Lipinski definition) is 2. The number of nitrogens with two attached hydrogens (primary N) is 1. The summed E-state index contributed by atoms with van der Waals surface area (Å²) in [6, 6.07) is 8.60. The van der Waals surface area contributed by atoms with Crippen LogP contribution in [0.3, 0.4) is 0 Å². The molecule has 3 N–H and O–H groups in total. The molecule has 0 saturated heterocycles. The van der Waals surface area contributed by atoms with E-state index in [0.29, 0.717) is 0 Å². The normalized spacial score (nSPS) is 12.6. The number of pyridine rings is 1. The Morgan fingerprint density at radius 3 is 2.89 bits per heavy atom. The average molecular weight is 261 g/mol. The summed E-state index contributed by atoms with van der Waals surface area (Å²) in [4.78, 5) is 5.75. The smallest absolute Gasteiger partial charge is 0.0475 e. The maximum atomic E-state index is 5.63. The summed E-state index contributed by atoms with van der Waals surface area (Å²) in [5, 5.41) is 2.12. The molecule has 1 unspecified atom stereocenters. The summed E-state index contributed by atoms with van der Waals surface area (Å²) < 4.78 is 0. The molecule has 96 valence electrons. The first-order chi connectivity index (χ1) is 8.79. The van der Waals surface area contributed by atoms with E-state index in [1.807, 2.05) is 30.5 Å². The Hall–Kier alpha value is -1.23. The summed E-state index contributed by atoms with van der Waals surface area (Å²) in [6.07, 6.45) is 5.18. The zero-order chi connectivity index (χ0) is 12.8. The lowest BCUT2D eigenvalue weighted by Gasteiger charge is -2.15. The van der Waals surface area contributed by atoms with Gasteiger partial charge in [-0.2, -0.15) is 0 Å². The van der Waals surface area contributed by atoms with Crippen molar-refractivity contribution in [1.82, 2.24) is 10.4 Å². The number of aromatic nitrogens is 1. The lowest BCUT2D eigenvalue weighted by molar-refractivity contribution is 0.498. The molecule has 0 bridgehead atoms. The van der Waals surface area contributed by atoms with Crippen molar-refractivity contribution in [2.75, 3.05) is 0 Å². The van der Waals surface area contributed by atoms with Crippen LogP contribution in [0.2, 0.25) is 0 Å². The predicted molar refractivity (Wildman–Crippen MR) is 76.3 cm³/mol. The number of hydrazine groups is 1. The molecule has 2 heterocycles. The number of rotatable bonds is 6. The Morgan fingerprint density at radius 2 is 2.28 bits per heavy atom. The van der Waals surface area contributed by atoms with Gasteiger partial charge in [-0.05, 0) is 49.3 Å². The van der Waals surface area contributed by atoms with E-state index < -0.39 is 0 Å². The molecule has 0 amide bonds. The Labute approximate surface area is 112 Å². The molecule has 4 heteroatoms. The fourth-order valence-corrected chi connectivity index (χ4v) is 2.72. The van der Waals surface area contributed by atoms with E-state index in [4.69, 9.17) is 5.84 Å². The highest BCUT2D eigenvalue weighted by Gasteiger charge is 2.09. The molecule has 0 aromatic carbocycles. The summed E-state index contributed by atoms with van der Waals surface area (Å²) in [5.74, 6) is 5.63. The first-order valence-electron chi connectivity index (χ1n) is 6.20. The average Bonchev–Trinajstić information content (AvgIpc) is 2.89. The van der Waals surface area contributed by atoms with Crippen molar-refractivity contribution >= 4 is 11.3 Å². The largest absolute Gasteiger partial charge is 0.271 e. The molecule has 18 heavy (non-hydrogen) atoms. The van der Waals surface area contributed by atoms with Crippen LogP contribution in [-0.2, 0) is 6.42 Å². The number of thiophene rings is 1. The third-order valence-corrected chi connectivity index (χ3v) is 3.97. The van der Waals surface area contributed by atoms with E-state index in [0.717, 1.165) is 30.5 Å². The van der Waals surface area contributed by atoms with Crippen LogP contribution in [0.25, 0.3) is 0 Å². The Kier molecular flexibility index (Phi) is 4.87. The van der Waals surface area contributed by atoms with Crippen molar-refractivity contribution in [3.05, 3.63) is 52.0 Å².